The van der Waals surface area contributed by atoms with Crippen LogP contribution in [-0.4, -0.2) is 25.9 Å². The lowest BCUT2D eigenvalue weighted by Crippen LogP contribution is -2.40. The highest BCUT2D eigenvalue weighted by atomic mass is 16.5. The molecule has 0 aliphatic heterocycles. The highest BCUT2D eigenvalue weighted by molar-refractivity contribution is 5.53. The van der Waals surface area contributed by atoms with Crippen molar-refractivity contribution in [1.29, 1.82) is 0 Å². The van der Waals surface area contributed by atoms with E-state index < -0.39 is 11.1 Å². The second-order valence-electron chi connectivity index (χ2n) is 6.18. The summed E-state index contributed by atoms with van der Waals surface area (Å²) in [5, 5.41) is 3.93. The molecule has 0 amide bonds. The van der Waals surface area contributed by atoms with Gasteiger partial charge in [-0.3, -0.25) is 18.7 Å². The highest BCUT2D eigenvalue weighted by Crippen LogP contribution is 2.20. The summed E-state index contributed by atoms with van der Waals surface area (Å²) in [5.41, 5.74) is -0.0775. The number of para-hydroxylation sites is 2. The van der Waals surface area contributed by atoms with E-state index in [0.717, 1.165) is 5.56 Å². The van der Waals surface area contributed by atoms with E-state index in [0.29, 0.717) is 23.9 Å². The predicted octanol–water partition coefficient (Wildman–Crippen LogP) is 2.50. The van der Waals surface area contributed by atoms with Gasteiger partial charge < -0.3 is 9.26 Å². The van der Waals surface area contributed by atoms with Crippen LogP contribution in [0, 0.1) is 0 Å². The summed E-state index contributed by atoms with van der Waals surface area (Å²) in [7, 11) is 0. The Hall–Kier alpha value is -3.94. The minimum absolute atomic E-state index is 0.00184. The van der Waals surface area contributed by atoms with Crippen molar-refractivity contribution in [2.75, 3.05) is 6.61 Å². The molecule has 0 spiro atoms. The third-order valence-corrected chi connectivity index (χ3v) is 4.29. The lowest BCUT2D eigenvalue weighted by Gasteiger charge is -2.12. The Morgan fingerprint density at radius 3 is 2.52 bits per heavy atom. The Morgan fingerprint density at radius 2 is 1.72 bits per heavy atom. The van der Waals surface area contributed by atoms with Crippen molar-refractivity contribution in [3.63, 3.8) is 0 Å². The molecule has 0 fully saturated rings. The molecule has 0 atom stereocenters. The Bertz CT molecular complexity index is 1240. The predicted molar refractivity (Wildman–Crippen MR) is 106 cm³/mol. The van der Waals surface area contributed by atoms with Crippen molar-refractivity contribution in [2.24, 2.45) is 0 Å². The van der Waals surface area contributed by atoms with Gasteiger partial charge in [0.15, 0.2) is 0 Å². The van der Waals surface area contributed by atoms with Crippen LogP contribution in [0.1, 0.15) is 12.8 Å². The van der Waals surface area contributed by atoms with E-state index in [1.165, 1.54) is 21.5 Å². The van der Waals surface area contributed by atoms with Crippen molar-refractivity contribution in [2.45, 2.75) is 13.5 Å². The van der Waals surface area contributed by atoms with Crippen LogP contribution in [0.5, 0.6) is 5.75 Å². The number of rotatable bonds is 6. The van der Waals surface area contributed by atoms with E-state index >= 15 is 0 Å². The summed E-state index contributed by atoms with van der Waals surface area (Å²) in [5.74, 6) is 1.18. The number of hydrogen-bond acceptors (Lipinski definition) is 6. The summed E-state index contributed by atoms with van der Waals surface area (Å²) < 4.78 is 13.3. The summed E-state index contributed by atoms with van der Waals surface area (Å²) >= 11 is 0. The first kappa shape index (κ1) is 18.4. The van der Waals surface area contributed by atoms with Gasteiger partial charge in [-0.1, -0.05) is 47.6 Å². The molecule has 0 N–H and O–H groups in total. The molecular formula is C21H18N4O4. The topological polar surface area (TPSA) is 92.2 Å². The van der Waals surface area contributed by atoms with Crippen molar-refractivity contribution < 1.29 is 9.26 Å². The first-order valence-corrected chi connectivity index (χ1v) is 9.09. The molecule has 0 unspecified atom stereocenters. The Kier molecular flexibility index (Phi) is 5.07. The number of hydrogen-bond donors (Lipinski definition) is 0. The number of ether oxygens (including phenoxy) is 1. The fraction of sp³-hybridized carbons (Fsp3) is 0.143. The molecule has 4 aromatic rings. The van der Waals surface area contributed by atoms with Crippen LogP contribution >= 0.6 is 0 Å². The number of aromatic nitrogens is 4. The van der Waals surface area contributed by atoms with Gasteiger partial charge in [0.1, 0.15) is 12.3 Å². The standard InChI is InChI=1S/C21H18N4O4/c1-2-28-17-11-7-6-10-16(17)25-13-12-24(20(26)21(25)27)14-18-22-19(23-29-18)15-8-4-3-5-9-15/h3-13H,2,14H2,1H3. The maximum absolute atomic E-state index is 12.7. The molecule has 4 rings (SSSR count). The zero-order valence-electron chi connectivity index (χ0n) is 15.7. The summed E-state index contributed by atoms with van der Waals surface area (Å²) in [6.07, 6.45) is 3.04. The van der Waals surface area contributed by atoms with Crippen LogP contribution in [0.15, 0.2) is 81.1 Å². The molecule has 0 saturated carbocycles. The minimum atomic E-state index is -0.696. The van der Waals surface area contributed by atoms with Crippen LogP contribution < -0.4 is 15.9 Å². The van der Waals surface area contributed by atoms with E-state index in [1.807, 2.05) is 37.3 Å². The normalized spacial score (nSPS) is 10.8. The largest absolute Gasteiger partial charge is 0.492 e. The zero-order valence-corrected chi connectivity index (χ0v) is 15.7. The van der Waals surface area contributed by atoms with E-state index in [4.69, 9.17) is 9.26 Å². The van der Waals surface area contributed by atoms with Gasteiger partial charge in [-0.25, -0.2) is 0 Å². The Balaban J connectivity index is 1.65. The van der Waals surface area contributed by atoms with Crippen molar-refractivity contribution in [3.8, 4) is 22.8 Å². The minimum Gasteiger partial charge on any atom is -0.492 e. The molecule has 0 aliphatic rings. The monoisotopic (exact) mass is 390 g/mol. The van der Waals surface area contributed by atoms with Crippen LogP contribution in [0.3, 0.4) is 0 Å². The molecule has 8 nitrogen and oxygen atoms in total. The van der Waals surface area contributed by atoms with Gasteiger partial charge in [0, 0.05) is 18.0 Å². The van der Waals surface area contributed by atoms with E-state index in [9.17, 15) is 9.59 Å². The maximum atomic E-state index is 12.7. The quantitative estimate of drug-likeness (QED) is 0.470. The van der Waals surface area contributed by atoms with Gasteiger partial charge in [-0.2, -0.15) is 4.98 Å². The van der Waals surface area contributed by atoms with Crippen molar-refractivity contribution in [3.05, 3.63) is 93.6 Å². The average Bonchev–Trinajstić information content (AvgIpc) is 3.22. The van der Waals surface area contributed by atoms with E-state index in [-0.39, 0.29) is 12.4 Å². The van der Waals surface area contributed by atoms with Gasteiger partial charge in [0.05, 0.1) is 12.3 Å². The Labute approximate surface area is 165 Å². The average molecular weight is 390 g/mol. The molecule has 0 aliphatic carbocycles. The van der Waals surface area contributed by atoms with Crippen LogP contribution in [0.4, 0.5) is 0 Å². The lowest BCUT2D eigenvalue weighted by atomic mass is 10.2. The zero-order chi connectivity index (χ0) is 20.2. The van der Waals surface area contributed by atoms with Gasteiger partial charge in [-0.15, -0.1) is 0 Å². The SMILES string of the molecule is CCOc1ccccc1-n1ccn(Cc2nc(-c3ccccc3)no2)c(=O)c1=O. The third kappa shape index (κ3) is 3.73. The number of nitrogens with zero attached hydrogens (tertiary/aromatic N) is 4. The van der Waals surface area contributed by atoms with E-state index in [2.05, 4.69) is 10.1 Å². The molecule has 2 aromatic carbocycles. The first-order valence-electron chi connectivity index (χ1n) is 9.09. The van der Waals surface area contributed by atoms with Gasteiger partial charge >= 0.3 is 11.1 Å². The molecule has 0 radical (unpaired) electrons. The van der Waals surface area contributed by atoms with Crippen LogP contribution in [0.2, 0.25) is 0 Å². The third-order valence-electron chi connectivity index (χ3n) is 4.29. The van der Waals surface area contributed by atoms with Gasteiger partial charge in [-0.05, 0) is 19.1 Å². The molecule has 146 valence electrons. The fourth-order valence-electron chi connectivity index (χ4n) is 2.93. The summed E-state index contributed by atoms with van der Waals surface area (Å²) in [4.78, 5) is 29.6. The second kappa shape index (κ2) is 7.97. The van der Waals surface area contributed by atoms with Gasteiger partial charge in [0.25, 0.3) is 0 Å². The number of benzene rings is 2. The van der Waals surface area contributed by atoms with Crippen molar-refractivity contribution in [1.82, 2.24) is 19.3 Å². The molecule has 2 heterocycles. The smallest absolute Gasteiger partial charge is 0.321 e. The van der Waals surface area contributed by atoms with E-state index in [1.54, 1.807) is 24.3 Å². The maximum Gasteiger partial charge on any atom is 0.321 e. The van der Waals surface area contributed by atoms with Crippen LogP contribution in [-0.2, 0) is 6.54 Å². The second-order valence-corrected chi connectivity index (χ2v) is 6.18. The summed E-state index contributed by atoms with van der Waals surface area (Å²) in [6.45, 7) is 2.30. The van der Waals surface area contributed by atoms with Crippen LogP contribution in [0.25, 0.3) is 17.1 Å². The Morgan fingerprint density at radius 1 is 0.966 bits per heavy atom. The highest BCUT2D eigenvalue weighted by Gasteiger charge is 2.14. The molecule has 0 saturated heterocycles. The fourth-order valence-corrected chi connectivity index (χ4v) is 2.93. The first-order chi connectivity index (χ1) is 14.2. The summed E-state index contributed by atoms with van der Waals surface area (Å²) in [6, 6.07) is 16.4. The lowest BCUT2D eigenvalue weighted by molar-refractivity contribution is 0.338. The molecule has 0 bridgehead atoms. The molecule has 29 heavy (non-hydrogen) atoms. The van der Waals surface area contributed by atoms with Crippen molar-refractivity contribution >= 4 is 0 Å². The molecule has 8 heteroatoms. The molecule has 2 aromatic heterocycles. The van der Waals surface area contributed by atoms with Gasteiger partial charge in [0.2, 0.25) is 11.7 Å². The molecular weight excluding hydrogens is 372 g/mol.